The van der Waals surface area contributed by atoms with Crippen molar-refractivity contribution < 1.29 is 19.4 Å². The third kappa shape index (κ3) is 4.40. The summed E-state index contributed by atoms with van der Waals surface area (Å²) in [5.74, 6) is -0.862. The number of benzene rings is 1. The van der Waals surface area contributed by atoms with Gasteiger partial charge in [0, 0.05) is 12.0 Å². The normalized spacial score (nSPS) is 10.6. The molecule has 4 nitrogen and oxygen atoms in total. The van der Waals surface area contributed by atoms with Crippen LogP contribution in [0.2, 0.25) is 10.0 Å². The van der Waals surface area contributed by atoms with Crippen LogP contribution in [-0.2, 0) is 4.79 Å². The molecule has 0 unspecified atom stereocenters. The SMILES string of the molecule is CC(C)CC(=O)c1ccc(OCC(=O)O)c(Cl)c1Cl. The Morgan fingerprint density at radius 2 is 1.89 bits per heavy atom. The fourth-order valence-electron chi connectivity index (χ4n) is 1.48. The zero-order valence-electron chi connectivity index (χ0n) is 10.6. The number of carboxylic acids is 1. The zero-order valence-corrected chi connectivity index (χ0v) is 12.1. The number of hydrogen-bond acceptors (Lipinski definition) is 3. The molecule has 0 atom stereocenters. The number of carboxylic acid groups (broad SMARTS) is 1. The van der Waals surface area contributed by atoms with Crippen LogP contribution in [0.15, 0.2) is 12.1 Å². The first-order chi connectivity index (χ1) is 8.82. The van der Waals surface area contributed by atoms with Gasteiger partial charge < -0.3 is 9.84 Å². The molecule has 0 radical (unpaired) electrons. The second-order valence-corrected chi connectivity index (χ2v) is 5.20. The van der Waals surface area contributed by atoms with Gasteiger partial charge in [-0.3, -0.25) is 4.79 Å². The largest absolute Gasteiger partial charge is 0.480 e. The van der Waals surface area contributed by atoms with E-state index < -0.39 is 12.6 Å². The predicted molar refractivity (Wildman–Crippen MR) is 73.4 cm³/mol. The molecule has 0 heterocycles. The Bertz CT molecular complexity index is 498. The first-order valence-electron chi connectivity index (χ1n) is 5.68. The number of rotatable bonds is 6. The third-order valence-electron chi connectivity index (χ3n) is 2.29. The molecule has 0 amide bonds. The standard InChI is InChI=1S/C13H14Cl2O4/c1-7(2)5-9(16)8-3-4-10(13(15)12(8)14)19-6-11(17)18/h3-4,7H,5-6H2,1-2H3,(H,17,18). The maximum atomic E-state index is 11.9. The minimum Gasteiger partial charge on any atom is -0.480 e. The van der Waals surface area contributed by atoms with Crippen LogP contribution in [-0.4, -0.2) is 23.5 Å². The lowest BCUT2D eigenvalue weighted by Crippen LogP contribution is -2.10. The van der Waals surface area contributed by atoms with E-state index in [-0.39, 0.29) is 27.5 Å². The minimum absolute atomic E-state index is 0.0533. The van der Waals surface area contributed by atoms with E-state index in [1.165, 1.54) is 12.1 Å². The highest BCUT2D eigenvalue weighted by molar-refractivity contribution is 6.44. The van der Waals surface area contributed by atoms with Gasteiger partial charge in [0.1, 0.15) is 10.8 Å². The van der Waals surface area contributed by atoms with E-state index in [1.807, 2.05) is 13.8 Å². The second kappa shape index (κ2) is 6.78. The average molecular weight is 305 g/mol. The van der Waals surface area contributed by atoms with Crippen LogP contribution in [0, 0.1) is 5.92 Å². The maximum absolute atomic E-state index is 11.9. The molecule has 0 bridgehead atoms. The summed E-state index contributed by atoms with van der Waals surface area (Å²) < 4.78 is 4.97. The van der Waals surface area contributed by atoms with Crippen LogP contribution in [0.3, 0.4) is 0 Å². The van der Waals surface area contributed by atoms with E-state index in [1.54, 1.807) is 0 Å². The van der Waals surface area contributed by atoms with Gasteiger partial charge in [-0.1, -0.05) is 37.0 Å². The summed E-state index contributed by atoms with van der Waals surface area (Å²) in [7, 11) is 0. The van der Waals surface area contributed by atoms with Gasteiger partial charge in [0.2, 0.25) is 0 Å². The van der Waals surface area contributed by atoms with Crippen molar-refractivity contribution in [2.75, 3.05) is 6.61 Å². The molecule has 0 aliphatic heterocycles. The van der Waals surface area contributed by atoms with Crippen LogP contribution in [0.1, 0.15) is 30.6 Å². The van der Waals surface area contributed by atoms with Gasteiger partial charge in [-0.25, -0.2) is 4.79 Å². The molecule has 0 saturated carbocycles. The number of carbonyl (C=O) groups is 2. The average Bonchev–Trinajstić information content (AvgIpc) is 2.29. The van der Waals surface area contributed by atoms with Gasteiger partial charge in [-0.05, 0) is 18.1 Å². The number of Topliss-reactive ketones (excluding diaryl/α,β-unsaturated/α-hetero) is 1. The molecule has 0 spiro atoms. The molecule has 0 fully saturated rings. The molecule has 1 aromatic carbocycles. The number of hydrogen-bond donors (Lipinski definition) is 1. The number of ether oxygens (including phenoxy) is 1. The fourth-order valence-corrected chi connectivity index (χ4v) is 1.96. The summed E-state index contributed by atoms with van der Waals surface area (Å²) in [6, 6.07) is 2.95. The summed E-state index contributed by atoms with van der Waals surface area (Å²) in [4.78, 5) is 22.3. The quantitative estimate of drug-likeness (QED) is 0.814. The van der Waals surface area contributed by atoms with E-state index in [2.05, 4.69) is 0 Å². The summed E-state index contributed by atoms with van der Waals surface area (Å²) in [5.41, 5.74) is 0.322. The van der Waals surface area contributed by atoms with Gasteiger partial charge in [-0.2, -0.15) is 0 Å². The summed E-state index contributed by atoms with van der Waals surface area (Å²) in [5, 5.41) is 8.67. The van der Waals surface area contributed by atoms with Crippen LogP contribution in [0.25, 0.3) is 0 Å². The number of carbonyl (C=O) groups excluding carboxylic acids is 1. The van der Waals surface area contributed by atoms with Crippen molar-refractivity contribution in [3.63, 3.8) is 0 Å². The van der Waals surface area contributed by atoms with E-state index in [9.17, 15) is 9.59 Å². The molecule has 0 aliphatic carbocycles. The Morgan fingerprint density at radius 1 is 1.26 bits per heavy atom. The fraction of sp³-hybridized carbons (Fsp3) is 0.385. The van der Waals surface area contributed by atoms with Crippen molar-refractivity contribution >= 4 is 35.0 Å². The molecule has 19 heavy (non-hydrogen) atoms. The van der Waals surface area contributed by atoms with E-state index >= 15 is 0 Å². The van der Waals surface area contributed by atoms with E-state index in [4.69, 9.17) is 33.0 Å². The Balaban J connectivity index is 2.97. The minimum atomic E-state index is -1.12. The highest BCUT2D eigenvalue weighted by Gasteiger charge is 2.17. The van der Waals surface area contributed by atoms with Crippen molar-refractivity contribution in [3.8, 4) is 5.75 Å². The maximum Gasteiger partial charge on any atom is 0.341 e. The van der Waals surface area contributed by atoms with Crippen molar-refractivity contribution in [1.82, 2.24) is 0 Å². The summed E-state index contributed by atoms with van der Waals surface area (Å²) in [6.07, 6.45) is 0.366. The van der Waals surface area contributed by atoms with Gasteiger partial charge in [0.25, 0.3) is 0 Å². The van der Waals surface area contributed by atoms with Gasteiger partial charge >= 0.3 is 5.97 Å². The zero-order chi connectivity index (χ0) is 14.6. The van der Waals surface area contributed by atoms with Gasteiger partial charge in [0.05, 0.1) is 5.02 Å². The topological polar surface area (TPSA) is 63.6 Å². The first kappa shape index (κ1) is 15.8. The van der Waals surface area contributed by atoms with Crippen LogP contribution < -0.4 is 4.74 Å². The van der Waals surface area contributed by atoms with Crippen molar-refractivity contribution in [1.29, 1.82) is 0 Å². The molecule has 0 aliphatic rings. The van der Waals surface area contributed by atoms with E-state index in [0.29, 0.717) is 12.0 Å². The van der Waals surface area contributed by atoms with Crippen molar-refractivity contribution in [2.24, 2.45) is 5.92 Å². The van der Waals surface area contributed by atoms with Gasteiger partial charge in [0.15, 0.2) is 12.4 Å². The number of ketones is 1. The molecule has 1 aromatic rings. The van der Waals surface area contributed by atoms with Crippen LogP contribution >= 0.6 is 23.2 Å². The van der Waals surface area contributed by atoms with Crippen LogP contribution in [0.5, 0.6) is 5.75 Å². The Morgan fingerprint density at radius 3 is 2.42 bits per heavy atom. The second-order valence-electron chi connectivity index (χ2n) is 4.44. The molecule has 0 saturated heterocycles. The van der Waals surface area contributed by atoms with Gasteiger partial charge in [-0.15, -0.1) is 0 Å². The Hall–Kier alpha value is -1.26. The molecular weight excluding hydrogens is 291 g/mol. The number of halogens is 2. The van der Waals surface area contributed by atoms with E-state index in [0.717, 1.165) is 0 Å². The molecule has 1 rings (SSSR count). The lowest BCUT2D eigenvalue weighted by Gasteiger charge is -2.11. The highest BCUT2D eigenvalue weighted by Crippen LogP contribution is 2.35. The Kier molecular flexibility index (Phi) is 5.63. The molecule has 6 heteroatoms. The summed E-state index contributed by atoms with van der Waals surface area (Å²) in [6.45, 7) is 3.34. The van der Waals surface area contributed by atoms with Crippen molar-refractivity contribution in [2.45, 2.75) is 20.3 Å². The lowest BCUT2D eigenvalue weighted by atomic mass is 10.0. The first-order valence-corrected chi connectivity index (χ1v) is 6.44. The molecular formula is C13H14Cl2O4. The third-order valence-corrected chi connectivity index (χ3v) is 3.16. The highest BCUT2D eigenvalue weighted by atomic mass is 35.5. The summed E-state index contributed by atoms with van der Waals surface area (Å²) >= 11 is 12.0. The molecule has 104 valence electrons. The predicted octanol–water partition coefficient (Wildman–Crippen LogP) is 3.69. The van der Waals surface area contributed by atoms with Crippen LogP contribution in [0.4, 0.5) is 0 Å². The molecule has 0 aromatic heterocycles. The smallest absolute Gasteiger partial charge is 0.341 e. The Labute approximate surface area is 121 Å². The lowest BCUT2D eigenvalue weighted by molar-refractivity contribution is -0.139. The van der Waals surface area contributed by atoms with Crippen molar-refractivity contribution in [3.05, 3.63) is 27.7 Å². The molecule has 1 N–H and O–H groups in total. The number of aliphatic carboxylic acids is 1. The monoisotopic (exact) mass is 304 g/mol.